The number of carbonyl (C=O) groups excluding carboxylic acids is 1. The van der Waals surface area contributed by atoms with Crippen LogP contribution < -0.4 is 29.0 Å². The van der Waals surface area contributed by atoms with Gasteiger partial charge in [-0.1, -0.05) is 12.2 Å². The van der Waals surface area contributed by atoms with Crippen molar-refractivity contribution in [2.24, 2.45) is 5.92 Å². The average molecular weight is 560 g/mol. The molecule has 2 unspecified atom stereocenters. The lowest BCUT2D eigenvalue weighted by Gasteiger charge is -2.14. The largest absolute Gasteiger partial charge is 0.573 e. The van der Waals surface area contributed by atoms with E-state index in [0.717, 1.165) is 17.7 Å². The number of alkyl halides is 3. The lowest BCUT2D eigenvalue weighted by molar-refractivity contribution is -0.274. The number of ketones is 1. The third-order valence-electron chi connectivity index (χ3n) is 6.33. The standard InChI is InChI=1S/C29H28F3NO7/c1-36-24-15-21(33-22-14-20(22)27(35)17-7-9-19(10-8-17)40-29(30,31)32)18(13-23(24)34)6-5-16-11-25(37-2)28(39-4)26(12-16)38-3/h5-13,15,20,22,33-34H,14H2,1-4H3/b6-5-. The van der Waals surface area contributed by atoms with E-state index >= 15 is 0 Å². The van der Waals surface area contributed by atoms with Crippen molar-refractivity contribution in [1.29, 1.82) is 0 Å². The monoisotopic (exact) mass is 559 g/mol. The summed E-state index contributed by atoms with van der Waals surface area (Å²) in [5, 5.41) is 13.7. The van der Waals surface area contributed by atoms with Crippen LogP contribution in [-0.4, -0.2) is 51.7 Å². The second-order valence-electron chi connectivity index (χ2n) is 8.93. The number of ether oxygens (including phenoxy) is 5. The Balaban J connectivity index is 1.53. The van der Waals surface area contributed by atoms with Crippen LogP contribution in [-0.2, 0) is 0 Å². The Bertz CT molecular complexity index is 1380. The minimum Gasteiger partial charge on any atom is -0.504 e. The molecule has 11 heteroatoms. The minimum atomic E-state index is -4.81. The number of hydrogen-bond donors (Lipinski definition) is 2. The molecule has 2 atom stereocenters. The fourth-order valence-corrected chi connectivity index (χ4v) is 4.27. The van der Waals surface area contributed by atoms with Crippen LogP contribution in [0.5, 0.6) is 34.5 Å². The van der Waals surface area contributed by atoms with Crippen LogP contribution in [0.4, 0.5) is 18.9 Å². The topological polar surface area (TPSA) is 95.5 Å². The first-order valence-corrected chi connectivity index (χ1v) is 12.1. The molecule has 4 rings (SSSR count). The summed E-state index contributed by atoms with van der Waals surface area (Å²) in [5.74, 6) is 0.633. The van der Waals surface area contributed by atoms with Gasteiger partial charge < -0.3 is 34.1 Å². The minimum absolute atomic E-state index is 0.0674. The quantitative estimate of drug-likeness (QED) is 0.163. The summed E-state index contributed by atoms with van der Waals surface area (Å²) in [4.78, 5) is 12.9. The molecule has 0 spiro atoms. The summed E-state index contributed by atoms with van der Waals surface area (Å²) < 4.78 is 62.6. The van der Waals surface area contributed by atoms with Crippen LogP contribution in [0.15, 0.2) is 48.5 Å². The molecule has 1 saturated carbocycles. The molecule has 8 nitrogen and oxygen atoms in total. The van der Waals surface area contributed by atoms with Gasteiger partial charge in [0.2, 0.25) is 5.75 Å². The Morgan fingerprint density at radius 2 is 1.52 bits per heavy atom. The smallest absolute Gasteiger partial charge is 0.504 e. The van der Waals surface area contributed by atoms with E-state index in [1.807, 2.05) is 0 Å². The summed E-state index contributed by atoms with van der Waals surface area (Å²) in [5.41, 5.74) is 2.27. The average Bonchev–Trinajstić information content (AvgIpc) is 3.70. The van der Waals surface area contributed by atoms with E-state index in [2.05, 4.69) is 10.1 Å². The van der Waals surface area contributed by atoms with Gasteiger partial charge in [0.25, 0.3) is 0 Å². The van der Waals surface area contributed by atoms with Crippen molar-refractivity contribution in [1.82, 2.24) is 0 Å². The van der Waals surface area contributed by atoms with Crippen LogP contribution in [0.1, 0.15) is 27.9 Å². The van der Waals surface area contributed by atoms with Crippen molar-refractivity contribution in [2.45, 2.75) is 18.8 Å². The number of carbonyl (C=O) groups is 1. The molecule has 212 valence electrons. The molecule has 0 aromatic heterocycles. The lowest BCUT2D eigenvalue weighted by atomic mass is 10.1. The SMILES string of the molecule is COc1cc(NC2CC2C(=O)c2ccc(OC(F)(F)F)cc2)c(/C=C\c2cc(OC)c(OC)c(OC)c2)cc1O. The zero-order chi connectivity index (χ0) is 29.0. The number of Topliss-reactive ketones (excluding diaryl/α,β-unsaturated/α-hetero) is 1. The number of anilines is 1. The highest BCUT2D eigenvalue weighted by Crippen LogP contribution is 2.42. The molecule has 40 heavy (non-hydrogen) atoms. The number of phenols is 1. The molecule has 0 bridgehead atoms. The van der Waals surface area contributed by atoms with Gasteiger partial charge in [0.05, 0.1) is 28.4 Å². The Kier molecular flexibility index (Phi) is 8.32. The molecular weight excluding hydrogens is 531 g/mol. The Morgan fingerprint density at radius 3 is 2.08 bits per heavy atom. The number of benzene rings is 3. The van der Waals surface area contributed by atoms with E-state index in [9.17, 15) is 23.1 Å². The summed E-state index contributed by atoms with van der Waals surface area (Å²) >= 11 is 0. The second kappa shape index (κ2) is 11.7. The van der Waals surface area contributed by atoms with Gasteiger partial charge in [0.15, 0.2) is 28.8 Å². The van der Waals surface area contributed by atoms with Gasteiger partial charge in [-0.15, -0.1) is 13.2 Å². The molecule has 0 aliphatic heterocycles. The van der Waals surface area contributed by atoms with E-state index in [1.54, 1.807) is 30.4 Å². The van der Waals surface area contributed by atoms with E-state index in [1.165, 1.54) is 46.6 Å². The molecule has 0 amide bonds. The van der Waals surface area contributed by atoms with Crippen LogP contribution in [0.25, 0.3) is 12.2 Å². The van der Waals surface area contributed by atoms with E-state index < -0.39 is 12.1 Å². The number of methoxy groups -OCH3 is 4. The van der Waals surface area contributed by atoms with Crippen LogP contribution in [0, 0.1) is 5.92 Å². The summed E-state index contributed by atoms with van der Waals surface area (Å²) in [7, 11) is 5.99. The van der Waals surface area contributed by atoms with Crippen molar-refractivity contribution >= 4 is 23.6 Å². The van der Waals surface area contributed by atoms with Crippen molar-refractivity contribution in [3.05, 3.63) is 65.2 Å². The third kappa shape index (κ3) is 6.53. The number of rotatable bonds is 11. The van der Waals surface area contributed by atoms with E-state index in [0.29, 0.717) is 34.9 Å². The molecule has 0 radical (unpaired) electrons. The number of phenolic OH excluding ortho intramolecular Hbond substituents is 1. The van der Waals surface area contributed by atoms with Gasteiger partial charge in [-0.25, -0.2) is 0 Å². The Hall–Kier alpha value is -4.54. The molecule has 3 aromatic carbocycles. The van der Waals surface area contributed by atoms with Gasteiger partial charge in [0.1, 0.15) is 5.75 Å². The predicted molar refractivity (Wildman–Crippen MR) is 143 cm³/mol. The highest BCUT2D eigenvalue weighted by molar-refractivity contribution is 6.00. The summed E-state index contributed by atoms with van der Waals surface area (Å²) in [6.07, 6.45) is -0.698. The first kappa shape index (κ1) is 28.5. The van der Waals surface area contributed by atoms with Crippen LogP contribution >= 0.6 is 0 Å². The Labute approximate surface area is 228 Å². The Morgan fingerprint density at radius 1 is 0.900 bits per heavy atom. The molecule has 1 aliphatic carbocycles. The molecule has 0 saturated heterocycles. The van der Waals surface area contributed by atoms with Crippen molar-refractivity contribution < 1.29 is 46.8 Å². The molecule has 1 aliphatic rings. The first-order valence-electron chi connectivity index (χ1n) is 12.1. The normalized spacial score (nSPS) is 16.4. The van der Waals surface area contributed by atoms with Gasteiger partial charge in [-0.3, -0.25) is 4.79 Å². The molecule has 2 N–H and O–H groups in total. The second-order valence-corrected chi connectivity index (χ2v) is 8.93. The van der Waals surface area contributed by atoms with E-state index in [-0.39, 0.29) is 34.8 Å². The lowest BCUT2D eigenvalue weighted by Crippen LogP contribution is -2.17. The molecular formula is C29H28F3NO7. The third-order valence-corrected chi connectivity index (χ3v) is 6.33. The summed E-state index contributed by atoms with van der Waals surface area (Å²) in [6.45, 7) is 0. The molecule has 0 heterocycles. The van der Waals surface area contributed by atoms with Crippen LogP contribution in [0.2, 0.25) is 0 Å². The molecule has 1 fully saturated rings. The fourth-order valence-electron chi connectivity index (χ4n) is 4.27. The number of halogens is 3. The van der Waals surface area contributed by atoms with Crippen molar-refractivity contribution in [2.75, 3.05) is 33.8 Å². The maximum atomic E-state index is 12.9. The molecule has 3 aromatic rings. The maximum Gasteiger partial charge on any atom is 0.573 e. The van der Waals surface area contributed by atoms with Crippen molar-refractivity contribution in [3.63, 3.8) is 0 Å². The maximum absolute atomic E-state index is 12.9. The van der Waals surface area contributed by atoms with Crippen LogP contribution in [0.3, 0.4) is 0 Å². The number of aromatic hydroxyl groups is 1. The van der Waals surface area contributed by atoms with Crippen molar-refractivity contribution in [3.8, 4) is 34.5 Å². The first-order chi connectivity index (χ1) is 19.1. The van der Waals surface area contributed by atoms with Gasteiger partial charge in [-0.2, -0.15) is 0 Å². The highest BCUT2D eigenvalue weighted by Gasteiger charge is 2.43. The number of hydrogen-bond acceptors (Lipinski definition) is 8. The fraction of sp³-hybridized carbons (Fsp3) is 0.276. The van der Waals surface area contributed by atoms with Gasteiger partial charge >= 0.3 is 6.36 Å². The van der Waals surface area contributed by atoms with Gasteiger partial charge in [-0.05, 0) is 54.4 Å². The number of nitrogens with one attached hydrogen (secondary N) is 1. The highest BCUT2D eigenvalue weighted by atomic mass is 19.4. The zero-order valence-electron chi connectivity index (χ0n) is 22.2. The van der Waals surface area contributed by atoms with E-state index in [4.69, 9.17) is 18.9 Å². The predicted octanol–water partition coefficient (Wildman–Crippen LogP) is 6.18. The summed E-state index contributed by atoms with van der Waals surface area (Å²) in [6, 6.07) is 11.3. The zero-order valence-corrected chi connectivity index (χ0v) is 22.2. The van der Waals surface area contributed by atoms with Gasteiger partial charge in [0, 0.05) is 34.8 Å².